The minimum Gasteiger partial charge on any atom is -0.482 e. The summed E-state index contributed by atoms with van der Waals surface area (Å²) in [6.45, 7) is 0.618. The van der Waals surface area contributed by atoms with Gasteiger partial charge in [-0.1, -0.05) is 30.3 Å². The molecule has 0 aliphatic carbocycles. The van der Waals surface area contributed by atoms with Crippen LogP contribution in [0.25, 0.3) is 0 Å². The van der Waals surface area contributed by atoms with Gasteiger partial charge < -0.3 is 19.5 Å². The van der Waals surface area contributed by atoms with Crippen molar-refractivity contribution < 1.29 is 19.4 Å². The maximum atomic E-state index is 13.1. The molecule has 4 rings (SSSR count). The number of likely N-dealkylation sites (N-methyl/N-ethyl adjacent to an activating group) is 1. The fourth-order valence-electron chi connectivity index (χ4n) is 3.49. The van der Waals surface area contributed by atoms with E-state index in [1.807, 2.05) is 30.3 Å². The van der Waals surface area contributed by atoms with Gasteiger partial charge in [-0.05, 0) is 5.56 Å². The first-order chi connectivity index (χ1) is 13.1. The SMILES string of the molecule is CN1C(=O)c2c(OCc3ccccc3)c(=O)cc(CO)n2NC12CCOC2. The van der Waals surface area contributed by atoms with Crippen molar-refractivity contribution in [3.8, 4) is 5.75 Å². The second-order valence-corrected chi connectivity index (χ2v) is 6.76. The van der Waals surface area contributed by atoms with Gasteiger partial charge >= 0.3 is 0 Å². The lowest BCUT2D eigenvalue weighted by molar-refractivity contribution is 0.0453. The number of fused-ring (bicyclic) bond motifs is 1. The number of amides is 1. The molecule has 1 saturated heterocycles. The van der Waals surface area contributed by atoms with Gasteiger partial charge in [0.25, 0.3) is 5.91 Å². The van der Waals surface area contributed by atoms with E-state index < -0.39 is 11.1 Å². The molecule has 1 atom stereocenters. The molecule has 1 amide bonds. The summed E-state index contributed by atoms with van der Waals surface area (Å²) in [6, 6.07) is 10.7. The Bertz CT molecular complexity index is 919. The summed E-state index contributed by atoms with van der Waals surface area (Å²) >= 11 is 0. The molecule has 8 nitrogen and oxygen atoms in total. The molecule has 0 saturated carbocycles. The Balaban J connectivity index is 1.78. The molecule has 2 aliphatic rings. The molecule has 1 aromatic carbocycles. The van der Waals surface area contributed by atoms with Gasteiger partial charge in [-0.15, -0.1) is 0 Å². The van der Waals surface area contributed by atoms with E-state index in [9.17, 15) is 14.7 Å². The molecule has 0 bridgehead atoms. The smallest absolute Gasteiger partial charge is 0.278 e. The zero-order valence-electron chi connectivity index (χ0n) is 15.0. The largest absolute Gasteiger partial charge is 0.482 e. The molecule has 1 spiro atoms. The van der Waals surface area contributed by atoms with Crippen LogP contribution in [0.3, 0.4) is 0 Å². The number of carbonyl (C=O) groups is 1. The summed E-state index contributed by atoms with van der Waals surface area (Å²) in [6.07, 6.45) is 0.603. The number of ether oxygens (including phenoxy) is 2. The number of nitrogens with one attached hydrogen (secondary N) is 1. The van der Waals surface area contributed by atoms with Crippen LogP contribution in [0, 0.1) is 0 Å². The van der Waals surface area contributed by atoms with E-state index in [1.165, 1.54) is 10.7 Å². The average molecular weight is 371 g/mol. The average Bonchev–Trinajstić information content (AvgIpc) is 3.15. The number of hydrogen-bond donors (Lipinski definition) is 2. The molecular weight excluding hydrogens is 350 g/mol. The fourth-order valence-corrected chi connectivity index (χ4v) is 3.49. The lowest BCUT2D eigenvalue weighted by Crippen LogP contribution is -2.63. The van der Waals surface area contributed by atoms with Gasteiger partial charge in [-0.3, -0.25) is 19.7 Å². The van der Waals surface area contributed by atoms with E-state index in [-0.39, 0.29) is 30.6 Å². The summed E-state index contributed by atoms with van der Waals surface area (Å²) in [4.78, 5) is 27.3. The third-order valence-corrected chi connectivity index (χ3v) is 5.11. The van der Waals surface area contributed by atoms with Gasteiger partial charge in [0.1, 0.15) is 6.61 Å². The van der Waals surface area contributed by atoms with Crippen LogP contribution in [0.1, 0.15) is 28.2 Å². The summed E-state index contributed by atoms with van der Waals surface area (Å²) in [5.74, 6) is -0.385. The lowest BCUT2D eigenvalue weighted by Gasteiger charge is -2.44. The van der Waals surface area contributed by atoms with Crippen molar-refractivity contribution in [3.05, 3.63) is 63.6 Å². The highest BCUT2D eigenvalue weighted by Crippen LogP contribution is 2.32. The number of pyridine rings is 1. The van der Waals surface area contributed by atoms with Gasteiger partial charge in [-0.2, -0.15) is 0 Å². The van der Waals surface area contributed by atoms with Crippen LogP contribution in [-0.4, -0.2) is 46.5 Å². The van der Waals surface area contributed by atoms with Gasteiger partial charge in [-0.25, -0.2) is 0 Å². The highest BCUT2D eigenvalue weighted by molar-refractivity contribution is 5.97. The first-order valence-electron chi connectivity index (χ1n) is 8.76. The van der Waals surface area contributed by atoms with Crippen molar-refractivity contribution >= 4 is 5.91 Å². The Morgan fingerprint density at radius 1 is 1.30 bits per heavy atom. The second-order valence-electron chi connectivity index (χ2n) is 6.76. The minimum absolute atomic E-state index is 0.0332. The molecule has 0 radical (unpaired) electrons. The van der Waals surface area contributed by atoms with E-state index >= 15 is 0 Å². The molecule has 2 aliphatic heterocycles. The van der Waals surface area contributed by atoms with Gasteiger partial charge in [0.2, 0.25) is 5.43 Å². The maximum Gasteiger partial charge on any atom is 0.278 e. The first-order valence-corrected chi connectivity index (χ1v) is 8.76. The standard InChI is InChI=1S/C19H21N3O5/c1-21-18(25)16-17(27-11-13-5-3-2-4-6-13)15(24)9-14(10-23)22(16)20-19(21)7-8-26-12-19/h2-6,9,20,23H,7-8,10-12H2,1H3. The molecule has 1 fully saturated rings. The van der Waals surface area contributed by atoms with E-state index in [0.29, 0.717) is 25.3 Å². The summed E-state index contributed by atoms with van der Waals surface area (Å²) in [7, 11) is 1.67. The van der Waals surface area contributed by atoms with Crippen LogP contribution in [0.4, 0.5) is 0 Å². The zero-order valence-corrected chi connectivity index (χ0v) is 15.0. The van der Waals surface area contributed by atoms with Crippen LogP contribution in [0.15, 0.2) is 41.2 Å². The van der Waals surface area contributed by atoms with E-state index in [2.05, 4.69) is 5.43 Å². The van der Waals surface area contributed by atoms with Crippen molar-refractivity contribution in [1.29, 1.82) is 0 Å². The Morgan fingerprint density at radius 3 is 2.74 bits per heavy atom. The highest BCUT2D eigenvalue weighted by atomic mass is 16.5. The first kappa shape index (κ1) is 17.6. The van der Waals surface area contributed by atoms with Gasteiger partial charge in [0, 0.05) is 19.5 Å². The highest BCUT2D eigenvalue weighted by Gasteiger charge is 2.47. The molecule has 2 aromatic rings. The fraction of sp³-hybridized carbons (Fsp3) is 0.368. The topological polar surface area (TPSA) is 93.0 Å². The normalized spacial score (nSPS) is 21.3. The monoisotopic (exact) mass is 371 g/mol. The Kier molecular flexibility index (Phi) is 4.37. The number of benzene rings is 1. The van der Waals surface area contributed by atoms with Crippen molar-refractivity contribution in [2.75, 3.05) is 25.7 Å². The van der Waals surface area contributed by atoms with Crippen LogP contribution < -0.4 is 15.6 Å². The Labute approximate surface area is 155 Å². The Hall–Kier alpha value is -2.84. The quantitative estimate of drug-likeness (QED) is 0.821. The number of carbonyl (C=O) groups excluding carboxylic acids is 1. The second kappa shape index (κ2) is 6.71. The van der Waals surface area contributed by atoms with Crippen molar-refractivity contribution in [3.63, 3.8) is 0 Å². The number of rotatable bonds is 4. The molecule has 3 heterocycles. The van der Waals surface area contributed by atoms with E-state index in [0.717, 1.165) is 5.56 Å². The number of hydrogen-bond acceptors (Lipinski definition) is 6. The van der Waals surface area contributed by atoms with Crippen LogP contribution in [0.2, 0.25) is 0 Å². The minimum atomic E-state index is -0.709. The molecule has 2 N–H and O–H groups in total. The zero-order chi connectivity index (χ0) is 19.0. The summed E-state index contributed by atoms with van der Waals surface area (Å²) in [5.41, 5.74) is 3.37. The predicted octanol–water partition coefficient (Wildman–Crippen LogP) is 0.665. The van der Waals surface area contributed by atoms with Crippen LogP contribution in [-0.2, 0) is 18.0 Å². The van der Waals surface area contributed by atoms with E-state index in [4.69, 9.17) is 9.47 Å². The lowest BCUT2D eigenvalue weighted by atomic mass is 10.1. The molecule has 1 unspecified atom stereocenters. The molecule has 27 heavy (non-hydrogen) atoms. The Morgan fingerprint density at radius 2 is 2.07 bits per heavy atom. The van der Waals surface area contributed by atoms with Crippen LogP contribution >= 0.6 is 0 Å². The molecule has 142 valence electrons. The van der Waals surface area contributed by atoms with Crippen molar-refractivity contribution in [1.82, 2.24) is 9.58 Å². The van der Waals surface area contributed by atoms with Crippen molar-refractivity contribution in [2.45, 2.75) is 25.3 Å². The molecule has 8 heteroatoms. The van der Waals surface area contributed by atoms with Gasteiger partial charge in [0.15, 0.2) is 17.1 Å². The maximum absolute atomic E-state index is 13.1. The number of nitrogens with zero attached hydrogens (tertiary/aromatic N) is 2. The number of aromatic nitrogens is 1. The summed E-state index contributed by atoms with van der Waals surface area (Å²) in [5, 5.41) is 9.70. The van der Waals surface area contributed by atoms with Gasteiger partial charge in [0.05, 0.1) is 25.5 Å². The number of aliphatic hydroxyl groups is 1. The van der Waals surface area contributed by atoms with E-state index in [1.54, 1.807) is 11.9 Å². The predicted molar refractivity (Wildman–Crippen MR) is 97.0 cm³/mol. The third kappa shape index (κ3) is 2.87. The number of aliphatic hydroxyl groups excluding tert-OH is 1. The van der Waals surface area contributed by atoms with Crippen LogP contribution in [0.5, 0.6) is 5.75 Å². The van der Waals surface area contributed by atoms with Crippen molar-refractivity contribution in [2.24, 2.45) is 0 Å². The molecular formula is C19H21N3O5. The summed E-state index contributed by atoms with van der Waals surface area (Å²) < 4.78 is 12.7. The molecule has 1 aromatic heterocycles. The third-order valence-electron chi connectivity index (χ3n) is 5.11.